The molecule has 15 heavy (non-hydrogen) atoms. The van der Waals surface area contributed by atoms with E-state index in [1.54, 1.807) is 30.3 Å². The number of ether oxygens (including phenoxy) is 1. The quantitative estimate of drug-likeness (QED) is 0.813. The molecule has 0 saturated carbocycles. The number of benzene rings is 2. The van der Waals surface area contributed by atoms with E-state index in [0.29, 0.717) is 11.5 Å². The lowest BCUT2D eigenvalue weighted by atomic mass is 10.3. The Balaban J connectivity index is 2.22. The first-order valence-corrected chi connectivity index (χ1v) is 4.46. The van der Waals surface area contributed by atoms with Crippen molar-refractivity contribution in [3.63, 3.8) is 0 Å². The summed E-state index contributed by atoms with van der Waals surface area (Å²) in [4.78, 5) is 0. The van der Waals surface area contributed by atoms with Gasteiger partial charge < -0.3 is 9.84 Å². The summed E-state index contributed by atoms with van der Waals surface area (Å²) in [6.07, 6.45) is 0. The Morgan fingerprint density at radius 2 is 1.60 bits per heavy atom. The summed E-state index contributed by atoms with van der Waals surface area (Å²) in [6, 6.07) is 12.2. The van der Waals surface area contributed by atoms with Crippen molar-refractivity contribution in [2.75, 3.05) is 0 Å². The van der Waals surface area contributed by atoms with Crippen LogP contribution in [0.2, 0.25) is 0 Å². The molecule has 0 bridgehead atoms. The lowest BCUT2D eigenvalue weighted by molar-refractivity contribution is 0.453. The zero-order valence-electron chi connectivity index (χ0n) is 7.85. The van der Waals surface area contributed by atoms with E-state index in [1.165, 1.54) is 18.2 Å². The third-order valence-electron chi connectivity index (χ3n) is 1.85. The van der Waals surface area contributed by atoms with Crippen molar-refractivity contribution in [1.29, 1.82) is 0 Å². The third-order valence-corrected chi connectivity index (χ3v) is 1.85. The zero-order valence-corrected chi connectivity index (χ0v) is 7.85. The first kappa shape index (κ1) is 9.52. The van der Waals surface area contributed by atoms with Gasteiger partial charge in [0.05, 0.1) is 0 Å². The van der Waals surface area contributed by atoms with Crippen LogP contribution in [0.5, 0.6) is 17.2 Å². The molecule has 2 aromatic carbocycles. The third kappa shape index (κ3) is 2.47. The number of hydrogen-bond donors (Lipinski definition) is 1. The number of phenols is 1. The Labute approximate surface area is 86.6 Å². The minimum Gasteiger partial charge on any atom is -0.508 e. The predicted molar refractivity (Wildman–Crippen MR) is 54.6 cm³/mol. The molecule has 0 atom stereocenters. The van der Waals surface area contributed by atoms with Gasteiger partial charge in [-0.05, 0) is 24.3 Å². The fourth-order valence-corrected chi connectivity index (χ4v) is 1.21. The van der Waals surface area contributed by atoms with Crippen LogP contribution in [0.3, 0.4) is 0 Å². The minimum absolute atomic E-state index is 0.115. The van der Waals surface area contributed by atoms with Crippen LogP contribution in [-0.2, 0) is 0 Å². The maximum absolute atomic E-state index is 12.8. The Morgan fingerprint density at radius 1 is 0.933 bits per heavy atom. The van der Waals surface area contributed by atoms with Gasteiger partial charge in [-0.1, -0.05) is 12.1 Å². The lowest BCUT2D eigenvalue weighted by Crippen LogP contribution is -1.84. The predicted octanol–water partition coefficient (Wildman–Crippen LogP) is 3.32. The van der Waals surface area contributed by atoms with E-state index >= 15 is 0 Å². The van der Waals surface area contributed by atoms with E-state index in [9.17, 15) is 9.50 Å². The highest BCUT2D eigenvalue weighted by molar-refractivity contribution is 5.36. The summed E-state index contributed by atoms with van der Waals surface area (Å²) in [5.74, 6) is 0.637. The normalized spacial score (nSPS) is 9.93. The van der Waals surface area contributed by atoms with Gasteiger partial charge in [-0.3, -0.25) is 0 Å². The molecular weight excluding hydrogens is 195 g/mol. The van der Waals surface area contributed by atoms with Crippen LogP contribution >= 0.6 is 0 Å². The van der Waals surface area contributed by atoms with E-state index in [0.717, 1.165) is 0 Å². The molecule has 2 rings (SSSR count). The van der Waals surface area contributed by atoms with Crippen LogP contribution < -0.4 is 4.74 Å². The van der Waals surface area contributed by atoms with Gasteiger partial charge in [0, 0.05) is 12.1 Å². The fraction of sp³-hybridized carbons (Fsp3) is 0. The van der Waals surface area contributed by atoms with Gasteiger partial charge in [-0.15, -0.1) is 0 Å². The molecule has 0 amide bonds. The van der Waals surface area contributed by atoms with Crippen LogP contribution in [0.4, 0.5) is 4.39 Å². The van der Waals surface area contributed by atoms with E-state index in [-0.39, 0.29) is 11.6 Å². The summed E-state index contributed by atoms with van der Waals surface area (Å²) in [5.41, 5.74) is 0. The Morgan fingerprint density at radius 3 is 2.27 bits per heavy atom. The van der Waals surface area contributed by atoms with Gasteiger partial charge in [0.25, 0.3) is 0 Å². The minimum atomic E-state index is -0.354. The first-order chi connectivity index (χ1) is 7.24. The molecule has 0 heterocycles. The molecular formula is C12H9FO2. The molecule has 0 spiro atoms. The zero-order chi connectivity index (χ0) is 10.7. The van der Waals surface area contributed by atoms with Crippen molar-refractivity contribution in [3.8, 4) is 17.2 Å². The van der Waals surface area contributed by atoms with Crippen LogP contribution in [0.15, 0.2) is 48.5 Å². The van der Waals surface area contributed by atoms with Gasteiger partial charge in [0.1, 0.15) is 23.1 Å². The monoisotopic (exact) mass is 204 g/mol. The highest BCUT2D eigenvalue weighted by Gasteiger charge is 1.99. The molecule has 0 aliphatic rings. The summed E-state index contributed by atoms with van der Waals surface area (Å²) < 4.78 is 18.2. The van der Waals surface area contributed by atoms with Crippen molar-refractivity contribution < 1.29 is 14.2 Å². The molecule has 2 aromatic rings. The molecule has 0 aliphatic carbocycles. The lowest BCUT2D eigenvalue weighted by Gasteiger charge is -2.05. The molecule has 0 fully saturated rings. The van der Waals surface area contributed by atoms with Crippen LogP contribution in [0.25, 0.3) is 0 Å². The number of rotatable bonds is 2. The Kier molecular flexibility index (Phi) is 2.54. The van der Waals surface area contributed by atoms with E-state index < -0.39 is 0 Å². The maximum Gasteiger partial charge on any atom is 0.131 e. The molecule has 1 N–H and O–H groups in total. The summed E-state index contributed by atoms with van der Waals surface area (Å²) in [5, 5.41) is 9.19. The summed E-state index contributed by atoms with van der Waals surface area (Å²) in [7, 11) is 0. The topological polar surface area (TPSA) is 29.5 Å². The summed E-state index contributed by atoms with van der Waals surface area (Å²) in [6.45, 7) is 0. The number of hydrogen-bond acceptors (Lipinski definition) is 2. The van der Waals surface area contributed by atoms with Crippen molar-refractivity contribution in [2.24, 2.45) is 0 Å². The summed E-state index contributed by atoms with van der Waals surface area (Å²) >= 11 is 0. The van der Waals surface area contributed by atoms with E-state index in [1.807, 2.05) is 0 Å². The SMILES string of the molecule is Oc1cccc(Oc2cccc(F)c2)c1. The molecule has 0 saturated heterocycles. The van der Waals surface area contributed by atoms with Crippen molar-refractivity contribution >= 4 is 0 Å². The van der Waals surface area contributed by atoms with Crippen molar-refractivity contribution in [2.45, 2.75) is 0 Å². The maximum atomic E-state index is 12.8. The fourth-order valence-electron chi connectivity index (χ4n) is 1.21. The van der Waals surface area contributed by atoms with Gasteiger partial charge >= 0.3 is 0 Å². The highest BCUT2D eigenvalue weighted by Crippen LogP contribution is 2.24. The second-order valence-electron chi connectivity index (χ2n) is 3.06. The molecule has 0 aromatic heterocycles. The van der Waals surface area contributed by atoms with Crippen molar-refractivity contribution in [3.05, 3.63) is 54.3 Å². The highest BCUT2D eigenvalue weighted by atomic mass is 19.1. The molecule has 3 heteroatoms. The van der Waals surface area contributed by atoms with Crippen LogP contribution in [0.1, 0.15) is 0 Å². The largest absolute Gasteiger partial charge is 0.508 e. The molecule has 2 nitrogen and oxygen atoms in total. The molecule has 0 unspecified atom stereocenters. The molecule has 0 radical (unpaired) electrons. The van der Waals surface area contributed by atoms with Crippen LogP contribution in [0, 0.1) is 5.82 Å². The van der Waals surface area contributed by atoms with Gasteiger partial charge in [0.15, 0.2) is 0 Å². The number of aromatic hydroxyl groups is 1. The Bertz CT molecular complexity index is 425. The molecule has 0 aliphatic heterocycles. The van der Waals surface area contributed by atoms with Gasteiger partial charge in [-0.25, -0.2) is 4.39 Å². The number of phenolic OH excluding ortho intramolecular Hbond substituents is 1. The number of halogens is 1. The Hall–Kier alpha value is -2.03. The van der Waals surface area contributed by atoms with E-state index in [4.69, 9.17) is 4.74 Å². The average molecular weight is 204 g/mol. The van der Waals surface area contributed by atoms with Gasteiger partial charge in [0.2, 0.25) is 0 Å². The average Bonchev–Trinajstić information content (AvgIpc) is 2.17. The second kappa shape index (κ2) is 4.00. The van der Waals surface area contributed by atoms with E-state index in [2.05, 4.69) is 0 Å². The standard InChI is InChI=1S/C12H9FO2/c13-9-3-1-5-11(7-9)15-12-6-2-4-10(14)8-12/h1-8,14H. The van der Waals surface area contributed by atoms with Gasteiger partial charge in [-0.2, -0.15) is 0 Å². The second-order valence-corrected chi connectivity index (χ2v) is 3.06. The van der Waals surface area contributed by atoms with Crippen molar-refractivity contribution in [1.82, 2.24) is 0 Å². The molecule has 76 valence electrons. The first-order valence-electron chi connectivity index (χ1n) is 4.46. The van der Waals surface area contributed by atoms with Crippen LogP contribution in [-0.4, -0.2) is 5.11 Å². The smallest absolute Gasteiger partial charge is 0.131 e.